The van der Waals surface area contributed by atoms with E-state index in [9.17, 15) is 5.11 Å². The minimum atomic E-state index is -0.477. The molecule has 0 radical (unpaired) electrons. The quantitative estimate of drug-likeness (QED) is 0.791. The van der Waals surface area contributed by atoms with Gasteiger partial charge in [-0.3, -0.25) is 0 Å². The second kappa shape index (κ2) is 5.13. The van der Waals surface area contributed by atoms with Crippen LogP contribution in [0.3, 0.4) is 0 Å². The lowest BCUT2D eigenvalue weighted by molar-refractivity contribution is -0.0923. The predicted molar refractivity (Wildman–Crippen MR) is 76.6 cm³/mol. The molecule has 0 amide bonds. The third-order valence-electron chi connectivity index (χ3n) is 5.13. The van der Waals surface area contributed by atoms with Crippen molar-refractivity contribution in [3.05, 3.63) is 0 Å². The van der Waals surface area contributed by atoms with Gasteiger partial charge in [0, 0.05) is 6.04 Å². The van der Waals surface area contributed by atoms with E-state index >= 15 is 0 Å². The number of hydrogen-bond donors (Lipinski definition) is 2. The molecule has 2 aliphatic rings. The summed E-state index contributed by atoms with van der Waals surface area (Å²) in [5.74, 6) is 1.45. The molecule has 1 heterocycles. The average molecular weight is 253 g/mol. The van der Waals surface area contributed by atoms with E-state index in [-0.39, 0.29) is 5.41 Å². The van der Waals surface area contributed by atoms with Crippen LogP contribution in [-0.4, -0.2) is 23.3 Å². The molecule has 1 aliphatic carbocycles. The highest BCUT2D eigenvalue weighted by Crippen LogP contribution is 2.46. The van der Waals surface area contributed by atoms with Crippen LogP contribution < -0.4 is 5.32 Å². The largest absolute Gasteiger partial charge is 0.388 e. The van der Waals surface area contributed by atoms with Gasteiger partial charge >= 0.3 is 0 Å². The Kier molecular flexibility index (Phi) is 4.08. The van der Waals surface area contributed by atoms with E-state index in [0.717, 1.165) is 31.7 Å². The van der Waals surface area contributed by atoms with Crippen LogP contribution >= 0.6 is 0 Å². The number of nitrogens with one attached hydrogen (secondary N) is 1. The summed E-state index contributed by atoms with van der Waals surface area (Å²) in [4.78, 5) is 0. The van der Waals surface area contributed by atoms with Crippen molar-refractivity contribution >= 4 is 0 Å². The Morgan fingerprint density at radius 2 is 2.00 bits per heavy atom. The third-order valence-corrected chi connectivity index (χ3v) is 5.13. The molecule has 18 heavy (non-hydrogen) atoms. The first-order valence-electron chi connectivity index (χ1n) is 7.80. The van der Waals surface area contributed by atoms with Gasteiger partial charge in [-0.2, -0.15) is 0 Å². The minimum absolute atomic E-state index is 0.285. The zero-order chi connectivity index (χ0) is 13.4. The second-order valence-corrected chi connectivity index (χ2v) is 7.76. The van der Waals surface area contributed by atoms with Crippen LogP contribution in [0.1, 0.15) is 66.2 Å². The highest BCUT2D eigenvalue weighted by molar-refractivity contribution is 5.02. The molecule has 2 nitrogen and oxygen atoms in total. The summed E-state index contributed by atoms with van der Waals surface area (Å²) in [6.45, 7) is 10.3. The lowest BCUT2D eigenvalue weighted by Crippen LogP contribution is -2.58. The molecule has 0 aromatic carbocycles. The van der Waals surface area contributed by atoms with E-state index in [0.29, 0.717) is 12.0 Å². The molecule has 0 aromatic heterocycles. The maximum absolute atomic E-state index is 11.2. The third kappa shape index (κ3) is 3.08. The molecule has 0 spiro atoms. The Hall–Kier alpha value is -0.0800. The van der Waals surface area contributed by atoms with Crippen LogP contribution in [0.4, 0.5) is 0 Å². The average Bonchev–Trinajstić information content (AvgIpc) is 2.26. The van der Waals surface area contributed by atoms with Gasteiger partial charge < -0.3 is 10.4 Å². The zero-order valence-electron chi connectivity index (χ0n) is 12.6. The van der Waals surface area contributed by atoms with Crippen LogP contribution in [0.15, 0.2) is 0 Å². The van der Waals surface area contributed by atoms with Crippen LogP contribution in [0.5, 0.6) is 0 Å². The van der Waals surface area contributed by atoms with Crippen LogP contribution in [-0.2, 0) is 0 Å². The van der Waals surface area contributed by atoms with Crippen LogP contribution in [0.2, 0.25) is 0 Å². The molecule has 2 heteroatoms. The number of aliphatic hydroxyl groups is 1. The molecule has 2 fully saturated rings. The highest BCUT2D eigenvalue weighted by Gasteiger charge is 2.47. The van der Waals surface area contributed by atoms with Gasteiger partial charge in [-0.15, -0.1) is 0 Å². The molecule has 0 bridgehead atoms. The first-order chi connectivity index (χ1) is 8.35. The van der Waals surface area contributed by atoms with E-state index in [4.69, 9.17) is 0 Å². The summed E-state index contributed by atoms with van der Waals surface area (Å²) < 4.78 is 0. The molecule has 1 saturated heterocycles. The molecule has 1 saturated carbocycles. The Bertz CT molecular complexity index is 289. The van der Waals surface area contributed by atoms with Crippen molar-refractivity contribution < 1.29 is 5.11 Å². The summed E-state index contributed by atoms with van der Waals surface area (Å²) in [5.41, 5.74) is -0.192. The van der Waals surface area contributed by atoms with Crippen molar-refractivity contribution in [2.45, 2.75) is 77.9 Å². The molecule has 2 rings (SSSR count). The fourth-order valence-electron chi connectivity index (χ4n) is 4.63. The maximum Gasteiger partial charge on any atom is 0.0807 e. The molecular weight excluding hydrogens is 222 g/mol. The number of rotatable bonds is 2. The summed E-state index contributed by atoms with van der Waals surface area (Å²) in [7, 11) is 0. The van der Waals surface area contributed by atoms with Crippen LogP contribution in [0, 0.1) is 17.3 Å². The SMILES string of the molecule is CCC1CCNC(C2(O)CC(C)CC(C)(C)C2)C1. The summed E-state index contributed by atoms with van der Waals surface area (Å²) in [6.07, 6.45) is 6.88. The van der Waals surface area contributed by atoms with E-state index < -0.39 is 5.60 Å². The Labute approximate surface area is 113 Å². The van der Waals surface area contributed by atoms with Gasteiger partial charge in [0.25, 0.3) is 0 Å². The normalized spacial score (nSPS) is 44.8. The lowest BCUT2D eigenvalue weighted by Gasteiger charge is -2.50. The van der Waals surface area contributed by atoms with Gasteiger partial charge in [-0.05, 0) is 55.9 Å². The van der Waals surface area contributed by atoms with Gasteiger partial charge in [-0.25, -0.2) is 0 Å². The standard InChI is InChI=1S/C16H31NO/c1-5-13-6-7-17-14(8-13)16(18)10-12(2)9-15(3,4)11-16/h12-14,17-18H,5-11H2,1-4H3. The molecule has 1 aliphatic heterocycles. The van der Waals surface area contributed by atoms with Crippen molar-refractivity contribution in [2.75, 3.05) is 6.54 Å². The summed E-state index contributed by atoms with van der Waals surface area (Å²) >= 11 is 0. The van der Waals surface area contributed by atoms with E-state index in [1.807, 2.05) is 0 Å². The lowest BCUT2D eigenvalue weighted by atomic mass is 9.62. The van der Waals surface area contributed by atoms with E-state index in [2.05, 4.69) is 33.0 Å². The molecule has 106 valence electrons. The highest BCUT2D eigenvalue weighted by atomic mass is 16.3. The summed E-state index contributed by atoms with van der Waals surface area (Å²) in [5, 5.41) is 14.8. The second-order valence-electron chi connectivity index (χ2n) is 7.76. The smallest absolute Gasteiger partial charge is 0.0807 e. The molecule has 2 N–H and O–H groups in total. The van der Waals surface area contributed by atoms with Gasteiger partial charge in [0.05, 0.1) is 5.60 Å². The van der Waals surface area contributed by atoms with Crippen molar-refractivity contribution in [3.8, 4) is 0 Å². The Balaban J connectivity index is 2.09. The van der Waals surface area contributed by atoms with Crippen molar-refractivity contribution in [1.82, 2.24) is 5.32 Å². The van der Waals surface area contributed by atoms with Gasteiger partial charge in [0.1, 0.15) is 0 Å². The molecular formula is C16H31NO. The first kappa shape index (κ1) is 14.3. The fraction of sp³-hybridized carbons (Fsp3) is 1.00. The maximum atomic E-state index is 11.2. The Morgan fingerprint density at radius 3 is 2.61 bits per heavy atom. The van der Waals surface area contributed by atoms with E-state index in [1.165, 1.54) is 19.3 Å². The van der Waals surface area contributed by atoms with Crippen molar-refractivity contribution in [1.29, 1.82) is 0 Å². The monoisotopic (exact) mass is 253 g/mol. The first-order valence-corrected chi connectivity index (χ1v) is 7.80. The topological polar surface area (TPSA) is 32.3 Å². The van der Waals surface area contributed by atoms with Gasteiger partial charge in [-0.1, -0.05) is 34.1 Å². The molecule has 0 aromatic rings. The van der Waals surface area contributed by atoms with E-state index in [1.54, 1.807) is 0 Å². The molecule has 4 atom stereocenters. The predicted octanol–water partition coefficient (Wildman–Crippen LogP) is 3.34. The minimum Gasteiger partial charge on any atom is -0.388 e. The van der Waals surface area contributed by atoms with Crippen molar-refractivity contribution in [3.63, 3.8) is 0 Å². The van der Waals surface area contributed by atoms with Crippen molar-refractivity contribution in [2.24, 2.45) is 17.3 Å². The van der Waals surface area contributed by atoms with Gasteiger partial charge in [0.15, 0.2) is 0 Å². The fourth-order valence-corrected chi connectivity index (χ4v) is 4.63. The number of hydrogen-bond acceptors (Lipinski definition) is 2. The molecule has 4 unspecified atom stereocenters. The number of piperidine rings is 1. The van der Waals surface area contributed by atoms with Gasteiger partial charge in [0.2, 0.25) is 0 Å². The Morgan fingerprint density at radius 1 is 1.28 bits per heavy atom. The zero-order valence-corrected chi connectivity index (χ0v) is 12.6. The summed E-state index contributed by atoms with van der Waals surface area (Å²) in [6, 6.07) is 0.318. The van der Waals surface area contributed by atoms with Crippen LogP contribution in [0.25, 0.3) is 0 Å².